The Kier molecular flexibility index (Phi) is 3.92. The van der Waals surface area contributed by atoms with E-state index in [1.54, 1.807) is 5.32 Å². The van der Waals surface area contributed by atoms with E-state index < -0.39 is 27.0 Å². The number of carbonyl (C=O) groups is 2. The van der Waals surface area contributed by atoms with Gasteiger partial charge >= 0.3 is 6.03 Å². The topological polar surface area (TPSA) is 132 Å². The second kappa shape index (κ2) is 5.05. The van der Waals surface area contributed by atoms with Gasteiger partial charge in [-0.1, -0.05) is 0 Å². The lowest BCUT2D eigenvalue weighted by Crippen LogP contribution is -2.43. The number of hydrogen-bond acceptors (Lipinski definition) is 5. The fourth-order valence-electron chi connectivity index (χ4n) is 1.23. The molecule has 0 saturated carbocycles. The van der Waals surface area contributed by atoms with Crippen LogP contribution in [0.3, 0.4) is 0 Å². The molecule has 0 radical (unpaired) electrons. The molecule has 18 heavy (non-hydrogen) atoms. The minimum atomic E-state index is -3.88. The van der Waals surface area contributed by atoms with Crippen LogP contribution in [0.4, 0.5) is 10.5 Å². The molecule has 1 atom stereocenters. The number of hydrogen-bond donors (Lipinski definition) is 3. The van der Waals surface area contributed by atoms with E-state index in [4.69, 9.17) is 11.5 Å². The smallest absolute Gasteiger partial charge is 0.318 e. The molecule has 1 aromatic rings. The van der Waals surface area contributed by atoms with Crippen LogP contribution in [0.5, 0.6) is 0 Å². The lowest BCUT2D eigenvalue weighted by atomic mass is 10.3. The van der Waals surface area contributed by atoms with E-state index in [-0.39, 0.29) is 4.90 Å². The monoisotopic (exact) mass is 271 g/mol. The Balaban J connectivity index is 3.03. The number of amides is 3. The molecule has 0 fully saturated rings. The van der Waals surface area contributed by atoms with E-state index in [9.17, 15) is 18.0 Å². The van der Waals surface area contributed by atoms with Gasteiger partial charge in [-0.3, -0.25) is 10.1 Å². The lowest BCUT2D eigenvalue weighted by molar-refractivity contribution is -0.119. The summed E-state index contributed by atoms with van der Waals surface area (Å²) in [5.74, 6) is -0.973. The molecule has 0 spiro atoms. The molecule has 0 aromatic heterocycles. The number of primary amides is 1. The third-order valence-electron chi connectivity index (χ3n) is 2.29. The van der Waals surface area contributed by atoms with Gasteiger partial charge in [-0.2, -0.15) is 0 Å². The van der Waals surface area contributed by atoms with Crippen molar-refractivity contribution >= 4 is 27.5 Å². The van der Waals surface area contributed by atoms with E-state index in [1.807, 2.05) is 0 Å². The lowest BCUT2D eigenvalue weighted by Gasteiger charge is -2.11. The second-order valence-electron chi connectivity index (χ2n) is 3.61. The van der Waals surface area contributed by atoms with E-state index in [2.05, 4.69) is 0 Å². The number of nitrogens with two attached hydrogens (primary N) is 2. The minimum Gasteiger partial charge on any atom is -0.399 e. The summed E-state index contributed by atoms with van der Waals surface area (Å²) in [7, 11) is -3.88. The molecule has 0 bridgehead atoms. The Labute approximate surface area is 104 Å². The average molecular weight is 271 g/mol. The Morgan fingerprint density at radius 2 is 1.72 bits per heavy atom. The highest BCUT2D eigenvalue weighted by molar-refractivity contribution is 7.92. The van der Waals surface area contributed by atoms with Gasteiger partial charge in [-0.15, -0.1) is 0 Å². The van der Waals surface area contributed by atoms with Crippen LogP contribution in [0.1, 0.15) is 6.92 Å². The molecule has 1 unspecified atom stereocenters. The molecule has 0 saturated heterocycles. The van der Waals surface area contributed by atoms with Crippen LogP contribution < -0.4 is 16.8 Å². The first-order chi connectivity index (χ1) is 8.25. The molecule has 0 aliphatic carbocycles. The van der Waals surface area contributed by atoms with Crippen molar-refractivity contribution in [2.24, 2.45) is 5.73 Å². The molecule has 7 nitrogen and oxygen atoms in total. The number of anilines is 1. The summed E-state index contributed by atoms with van der Waals surface area (Å²) in [6, 6.07) is 4.30. The van der Waals surface area contributed by atoms with Crippen molar-refractivity contribution in [3.8, 4) is 0 Å². The summed E-state index contributed by atoms with van der Waals surface area (Å²) >= 11 is 0. The van der Waals surface area contributed by atoms with E-state index >= 15 is 0 Å². The van der Waals surface area contributed by atoms with E-state index in [0.29, 0.717) is 5.69 Å². The first kappa shape index (κ1) is 14.0. The second-order valence-corrected chi connectivity index (χ2v) is 5.88. The number of sulfone groups is 1. The Morgan fingerprint density at radius 1 is 1.22 bits per heavy atom. The molecule has 0 heterocycles. The number of nitrogens with one attached hydrogen (secondary N) is 1. The third-order valence-corrected chi connectivity index (χ3v) is 4.36. The van der Waals surface area contributed by atoms with Crippen LogP contribution in [-0.4, -0.2) is 25.6 Å². The third kappa shape index (κ3) is 2.98. The predicted molar refractivity (Wildman–Crippen MR) is 65.2 cm³/mol. The zero-order valence-electron chi connectivity index (χ0n) is 9.58. The Bertz CT molecular complexity index is 565. The van der Waals surface area contributed by atoms with Crippen LogP contribution in [0, 0.1) is 0 Å². The Morgan fingerprint density at radius 3 is 2.17 bits per heavy atom. The average Bonchev–Trinajstić information content (AvgIpc) is 2.27. The van der Waals surface area contributed by atoms with Gasteiger partial charge in [-0.25, -0.2) is 13.2 Å². The molecule has 8 heteroatoms. The molecule has 3 amide bonds. The van der Waals surface area contributed by atoms with Crippen molar-refractivity contribution in [1.29, 1.82) is 0 Å². The van der Waals surface area contributed by atoms with Gasteiger partial charge < -0.3 is 11.5 Å². The molecular formula is C10H13N3O4S. The molecule has 98 valence electrons. The molecule has 1 rings (SSSR count). The van der Waals surface area contributed by atoms with Crippen molar-refractivity contribution in [3.05, 3.63) is 24.3 Å². The maximum absolute atomic E-state index is 12.0. The van der Waals surface area contributed by atoms with Gasteiger partial charge in [0.1, 0.15) is 5.25 Å². The highest BCUT2D eigenvalue weighted by Gasteiger charge is 2.30. The SMILES string of the molecule is CC(C(=O)NC(N)=O)S(=O)(=O)c1ccc(N)cc1. The first-order valence-electron chi connectivity index (χ1n) is 4.95. The molecule has 0 aliphatic rings. The molecule has 1 aromatic carbocycles. The van der Waals surface area contributed by atoms with Crippen LogP contribution in [0.15, 0.2) is 29.2 Å². The van der Waals surface area contributed by atoms with Crippen LogP contribution in [0.25, 0.3) is 0 Å². The highest BCUT2D eigenvalue weighted by atomic mass is 32.2. The van der Waals surface area contributed by atoms with Crippen molar-refractivity contribution in [2.45, 2.75) is 17.1 Å². The van der Waals surface area contributed by atoms with Crippen LogP contribution in [0.2, 0.25) is 0 Å². The summed E-state index contributed by atoms with van der Waals surface area (Å²) in [5.41, 5.74) is 10.6. The van der Waals surface area contributed by atoms with E-state index in [0.717, 1.165) is 0 Å². The standard InChI is InChI=1S/C10H13N3O4S/c1-6(9(14)13-10(12)15)18(16,17)8-4-2-7(11)3-5-8/h2-6H,11H2,1H3,(H3,12,13,14,15). The zero-order valence-corrected chi connectivity index (χ0v) is 10.4. The van der Waals surface area contributed by atoms with Crippen LogP contribution in [-0.2, 0) is 14.6 Å². The fraction of sp³-hybridized carbons (Fsp3) is 0.200. The highest BCUT2D eigenvalue weighted by Crippen LogP contribution is 2.17. The number of imide groups is 1. The number of rotatable bonds is 3. The molecular weight excluding hydrogens is 258 g/mol. The molecule has 0 aliphatic heterocycles. The quantitative estimate of drug-likeness (QED) is 0.645. The summed E-state index contributed by atoms with van der Waals surface area (Å²) in [5, 5.41) is 0.303. The van der Waals surface area contributed by atoms with E-state index in [1.165, 1.54) is 31.2 Å². The number of benzene rings is 1. The van der Waals surface area contributed by atoms with Gasteiger partial charge in [0.2, 0.25) is 5.91 Å². The van der Waals surface area contributed by atoms with Crippen molar-refractivity contribution in [2.75, 3.05) is 5.73 Å². The number of carbonyl (C=O) groups excluding carboxylic acids is 2. The van der Waals surface area contributed by atoms with Gasteiger partial charge in [0, 0.05) is 5.69 Å². The minimum absolute atomic E-state index is 0.0520. The van der Waals surface area contributed by atoms with Crippen molar-refractivity contribution in [3.63, 3.8) is 0 Å². The van der Waals surface area contributed by atoms with Gasteiger partial charge in [0.15, 0.2) is 9.84 Å². The van der Waals surface area contributed by atoms with Gasteiger partial charge in [0.25, 0.3) is 0 Å². The number of nitrogen functional groups attached to an aromatic ring is 1. The normalized spacial score (nSPS) is 12.7. The maximum atomic E-state index is 12.0. The summed E-state index contributed by atoms with van der Waals surface area (Å²) in [6.45, 7) is 1.17. The predicted octanol–water partition coefficient (Wildman–Crippen LogP) is -0.374. The largest absolute Gasteiger partial charge is 0.399 e. The van der Waals surface area contributed by atoms with Gasteiger partial charge in [-0.05, 0) is 31.2 Å². The fourth-order valence-corrected chi connectivity index (χ4v) is 2.49. The summed E-state index contributed by atoms with van der Waals surface area (Å²) in [6.07, 6.45) is 0. The number of urea groups is 1. The van der Waals surface area contributed by atoms with Gasteiger partial charge in [0.05, 0.1) is 4.90 Å². The first-order valence-corrected chi connectivity index (χ1v) is 6.49. The zero-order chi connectivity index (χ0) is 13.9. The maximum Gasteiger partial charge on any atom is 0.318 e. The van der Waals surface area contributed by atoms with Crippen LogP contribution >= 0.6 is 0 Å². The molecule has 5 N–H and O–H groups in total. The summed E-state index contributed by atoms with van der Waals surface area (Å²) < 4.78 is 24.0. The summed E-state index contributed by atoms with van der Waals surface area (Å²) in [4.78, 5) is 21.9. The van der Waals surface area contributed by atoms with Crippen molar-refractivity contribution < 1.29 is 18.0 Å². The Hall–Kier alpha value is -2.09. The van der Waals surface area contributed by atoms with Crippen molar-refractivity contribution in [1.82, 2.24) is 5.32 Å².